The molecule has 21 heavy (non-hydrogen) atoms. The van der Waals surface area contributed by atoms with Gasteiger partial charge in [-0.25, -0.2) is 4.39 Å². The summed E-state index contributed by atoms with van der Waals surface area (Å²) in [6, 6.07) is 11.1. The van der Waals surface area contributed by atoms with Crippen LogP contribution in [-0.4, -0.2) is 16.0 Å². The zero-order chi connectivity index (χ0) is 15.1. The van der Waals surface area contributed by atoms with Gasteiger partial charge in [0.2, 0.25) is 0 Å². The standard InChI is InChI=1S/C14H13FN4OS/c15-11-6-4-10(5-7-11)9-17-14(21)19-18-13(20)12-3-1-2-8-16-12/h1-8H,9H2,(H,18,20)(H2,17,19,21). The number of rotatable bonds is 3. The Morgan fingerprint density at radius 3 is 2.57 bits per heavy atom. The van der Waals surface area contributed by atoms with Gasteiger partial charge >= 0.3 is 0 Å². The average molecular weight is 304 g/mol. The highest BCUT2D eigenvalue weighted by molar-refractivity contribution is 7.80. The topological polar surface area (TPSA) is 66.1 Å². The van der Waals surface area contributed by atoms with Crippen LogP contribution in [-0.2, 0) is 6.54 Å². The molecular formula is C14H13FN4OS. The molecule has 0 unspecified atom stereocenters. The molecule has 0 aliphatic carbocycles. The number of hydrazine groups is 1. The van der Waals surface area contributed by atoms with Gasteiger partial charge in [0.25, 0.3) is 5.91 Å². The molecule has 0 radical (unpaired) electrons. The molecule has 0 spiro atoms. The first-order valence-electron chi connectivity index (χ1n) is 6.15. The molecule has 1 aromatic heterocycles. The van der Waals surface area contributed by atoms with Gasteiger partial charge in [-0.05, 0) is 42.0 Å². The lowest BCUT2D eigenvalue weighted by atomic mass is 10.2. The van der Waals surface area contributed by atoms with Gasteiger partial charge in [-0.1, -0.05) is 18.2 Å². The molecule has 2 rings (SSSR count). The summed E-state index contributed by atoms with van der Waals surface area (Å²) in [7, 11) is 0. The van der Waals surface area contributed by atoms with Gasteiger partial charge in [0.15, 0.2) is 5.11 Å². The first-order chi connectivity index (χ1) is 10.1. The van der Waals surface area contributed by atoms with E-state index in [1.165, 1.54) is 18.3 Å². The van der Waals surface area contributed by atoms with E-state index < -0.39 is 0 Å². The number of pyridine rings is 1. The molecule has 5 nitrogen and oxygen atoms in total. The Morgan fingerprint density at radius 1 is 1.14 bits per heavy atom. The van der Waals surface area contributed by atoms with Crippen LogP contribution >= 0.6 is 12.2 Å². The summed E-state index contributed by atoms with van der Waals surface area (Å²) in [4.78, 5) is 15.6. The Hall–Kier alpha value is -2.54. The number of amides is 1. The quantitative estimate of drug-likeness (QED) is 0.593. The molecule has 1 amide bonds. The number of halogens is 1. The first-order valence-corrected chi connectivity index (χ1v) is 6.55. The van der Waals surface area contributed by atoms with Crippen molar-refractivity contribution in [3.63, 3.8) is 0 Å². The normalized spacial score (nSPS) is 9.76. The van der Waals surface area contributed by atoms with Crippen molar-refractivity contribution in [2.45, 2.75) is 6.54 Å². The van der Waals surface area contributed by atoms with Crippen molar-refractivity contribution in [1.29, 1.82) is 0 Å². The Bertz CT molecular complexity index is 619. The zero-order valence-corrected chi connectivity index (χ0v) is 11.8. The number of carbonyl (C=O) groups is 1. The van der Waals surface area contributed by atoms with E-state index in [9.17, 15) is 9.18 Å². The fourth-order valence-corrected chi connectivity index (χ4v) is 1.63. The highest BCUT2D eigenvalue weighted by Gasteiger charge is 2.05. The molecular weight excluding hydrogens is 291 g/mol. The lowest BCUT2D eigenvalue weighted by Crippen LogP contribution is -2.46. The second kappa shape index (κ2) is 7.30. The number of hydrogen-bond donors (Lipinski definition) is 3. The molecule has 3 N–H and O–H groups in total. The average Bonchev–Trinajstić information content (AvgIpc) is 2.53. The van der Waals surface area contributed by atoms with Gasteiger partial charge in [-0.3, -0.25) is 20.6 Å². The maximum Gasteiger partial charge on any atom is 0.288 e. The van der Waals surface area contributed by atoms with Gasteiger partial charge in [0.1, 0.15) is 11.5 Å². The number of nitrogens with zero attached hydrogens (tertiary/aromatic N) is 1. The van der Waals surface area contributed by atoms with Crippen molar-refractivity contribution in [2.75, 3.05) is 0 Å². The number of benzene rings is 1. The van der Waals surface area contributed by atoms with E-state index >= 15 is 0 Å². The number of nitrogens with one attached hydrogen (secondary N) is 3. The van der Waals surface area contributed by atoms with E-state index in [1.54, 1.807) is 30.3 Å². The Morgan fingerprint density at radius 2 is 1.90 bits per heavy atom. The molecule has 7 heteroatoms. The third-order valence-corrected chi connectivity index (χ3v) is 2.80. The van der Waals surface area contributed by atoms with E-state index in [1.807, 2.05) is 0 Å². The van der Waals surface area contributed by atoms with Crippen LogP contribution in [0.25, 0.3) is 0 Å². The monoisotopic (exact) mass is 304 g/mol. The molecule has 1 heterocycles. The van der Waals surface area contributed by atoms with Gasteiger partial charge in [0, 0.05) is 12.7 Å². The van der Waals surface area contributed by atoms with Gasteiger partial charge in [-0.2, -0.15) is 0 Å². The lowest BCUT2D eigenvalue weighted by molar-refractivity contribution is 0.0938. The van der Waals surface area contributed by atoms with Crippen molar-refractivity contribution in [2.24, 2.45) is 0 Å². The van der Waals surface area contributed by atoms with Crippen molar-refractivity contribution >= 4 is 23.2 Å². The maximum absolute atomic E-state index is 12.7. The van der Waals surface area contributed by atoms with Gasteiger partial charge in [0.05, 0.1) is 0 Å². The summed E-state index contributed by atoms with van der Waals surface area (Å²) in [6.07, 6.45) is 1.53. The summed E-state index contributed by atoms with van der Waals surface area (Å²) >= 11 is 5.02. The summed E-state index contributed by atoms with van der Waals surface area (Å²) in [5.41, 5.74) is 6.15. The SMILES string of the molecule is O=C(NNC(=S)NCc1ccc(F)cc1)c1ccccn1. The Labute approximate surface area is 126 Å². The largest absolute Gasteiger partial charge is 0.357 e. The van der Waals surface area contributed by atoms with Crippen LogP contribution in [0.1, 0.15) is 16.1 Å². The predicted molar refractivity (Wildman–Crippen MR) is 80.7 cm³/mol. The molecule has 2 aromatic rings. The van der Waals surface area contributed by atoms with E-state index in [2.05, 4.69) is 21.2 Å². The van der Waals surface area contributed by atoms with Crippen molar-refractivity contribution in [1.82, 2.24) is 21.2 Å². The summed E-state index contributed by atoms with van der Waals surface area (Å²) in [5, 5.41) is 3.14. The minimum atomic E-state index is -0.387. The van der Waals surface area contributed by atoms with Gasteiger partial charge in [-0.15, -0.1) is 0 Å². The second-order valence-corrected chi connectivity index (χ2v) is 4.51. The molecule has 0 saturated carbocycles. The molecule has 0 aliphatic rings. The molecule has 0 atom stereocenters. The van der Waals surface area contributed by atoms with E-state index in [0.29, 0.717) is 6.54 Å². The molecule has 0 aliphatic heterocycles. The Kier molecular flexibility index (Phi) is 5.16. The van der Waals surface area contributed by atoms with Crippen LogP contribution in [0.15, 0.2) is 48.7 Å². The zero-order valence-electron chi connectivity index (χ0n) is 11.0. The first kappa shape index (κ1) is 14.9. The lowest BCUT2D eigenvalue weighted by Gasteiger charge is -2.11. The summed E-state index contributed by atoms with van der Waals surface area (Å²) < 4.78 is 12.7. The van der Waals surface area contributed by atoms with E-state index in [-0.39, 0.29) is 22.5 Å². The highest BCUT2D eigenvalue weighted by atomic mass is 32.1. The predicted octanol–water partition coefficient (Wildman–Crippen LogP) is 1.53. The molecule has 0 bridgehead atoms. The summed E-state index contributed by atoms with van der Waals surface area (Å²) in [6.45, 7) is 0.422. The minimum absolute atomic E-state index is 0.253. The van der Waals surface area contributed by atoms with E-state index in [0.717, 1.165) is 5.56 Å². The number of thiocarbonyl (C=S) groups is 1. The van der Waals surface area contributed by atoms with Crippen LogP contribution in [0.2, 0.25) is 0 Å². The van der Waals surface area contributed by atoms with Crippen LogP contribution in [0.5, 0.6) is 0 Å². The minimum Gasteiger partial charge on any atom is -0.357 e. The molecule has 0 saturated heterocycles. The third-order valence-electron chi connectivity index (χ3n) is 2.55. The van der Waals surface area contributed by atoms with Crippen LogP contribution < -0.4 is 16.2 Å². The molecule has 0 fully saturated rings. The highest BCUT2D eigenvalue weighted by Crippen LogP contribution is 2.01. The number of aromatic nitrogens is 1. The van der Waals surface area contributed by atoms with Crippen molar-refractivity contribution in [3.8, 4) is 0 Å². The van der Waals surface area contributed by atoms with E-state index in [4.69, 9.17) is 12.2 Å². The fraction of sp³-hybridized carbons (Fsp3) is 0.0714. The molecule has 1 aromatic carbocycles. The van der Waals surface area contributed by atoms with Gasteiger partial charge < -0.3 is 5.32 Å². The smallest absolute Gasteiger partial charge is 0.288 e. The number of carbonyl (C=O) groups excluding carboxylic acids is 1. The Balaban J connectivity index is 1.75. The second-order valence-electron chi connectivity index (χ2n) is 4.10. The third kappa shape index (κ3) is 4.81. The van der Waals surface area contributed by atoms with Crippen LogP contribution in [0.4, 0.5) is 4.39 Å². The summed E-state index contributed by atoms with van der Waals surface area (Å²) in [5.74, 6) is -0.677. The fourth-order valence-electron chi connectivity index (χ4n) is 1.50. The van der Waals surface area contributed by atoms with Crippen LogP contribution in [0.3, 0.4) is 0 Å². The molecule has 108 valence electrons. The van der Waals surface area contributed by atoms with Crippen LogP contribution in [0, 0.1) is 5.82 Å². The van der Waals surface area contributed by atoms with Crippen molar-refractivity contribution < 1.29 is 9.18 Å². The van der Waals surface area contributed by atoms with Crippen molar-refractivity contribution in [3.05, 3.63) is 65.7 Å². The number of hydrogen-bond acceptors (Lipinski definition) is 3. The maximum atomic E-state index is 12.7.